The molecule has 4 aromatic rings. The van der Waals surface area contributed by atoms with E-state index in [1.54, 1.807) is 6.07 Å². The van der Waals surface area contributed by atoms with E-state index in [0.717, 1.165) is 5.65 Å². The van der Waals surface area contributed by atoms with Gasteiger partial charge in [-0.25, -0.2) is 30.0 Å². The minimum absolute atomic E-state index is 0.0410. The zero-order valence-electron chi connectivity index (χ0n) is 22.1. The number of amides is 1. The first-order chi connectivity index (χ1) is 19.1. The molecule has 0 radical (unpaired) electrons. The van der Waals surface area contributed by atoms with Crippen molar-refractivity contribution in [1.82, 2.24) is 29.7 Å². The van der Waals surface area contributed by atoms with E-state index in [-0.39, 0.29) is 30.1 Å². The molecule has 4 rings (SSSR count). The number of nitrogens with two attached hydrogens (primary N) is 2. The van der Waals surface area contributed by atoms with Crippen LogP contribution in [0.1, 0.15) is 47.2 Å². The van der Waals surface area contributed by atoms with Gasteiger partial charge in [0.25, 0.3) is 5.91 Å². The van der Waals surface area contributed by atoms with Crippen LogP contribution in [0.4, 0.5) is 4.39 Å². The number of carbonyl (C=O) groups is 2. The highest BCUT2D eigenvalue weighted by molar-refractivity contribution is 5.92. The summed E-state index contributed by atoms with van der Waals surface area (Å²) in [4.78, 5) is 35.9. The average Bonchev–Trinajstić information content (AvgIpc) is 3.33. The molecule has 0 saturated heterocycles. The molecule has 208 valence electrons. The Labute approximate surface area is 229 Å². The molecule has 1 amide bonds. The maximum Gasteiger partial charge on any atom is 0.373 e. The molecule has 0 bridgehead atoms. The predicted molar refractivity (Wildman–Crippen MR) is 144 cm³/mol. The summed E-state index contributed by atoms with van der Waals surface area (Å²) in [7, 11) is 1.31. The van der Waals surface area contributed by atoms with Crippen LogP contribution >= 0.6 is 0 Å². The summed E-state index contributed by atoms with van der Waals surface area (Å²) in [6, 6.07) is 6.91. The maximum atomic E-state index is 15.2. The third-order valence-corrected chi connectivity index (χ3v) is 6.11. The molecule has 0 fully saturated rings. The summed E-state index contributed by atoms with van der Waals surface area (Å²) in [5.74, 6) is 3.30. The maximum absolute atomic E-state index is 15.2. The minimum atomic E-state index is -1.29. The van der Waals surface area contributed by atoms with Crippen LogP contribution in [0.2, 0.25) is 0 Å². The predicted octanol–water partition coefficient (Wildman–Crippen LogP) is 2.55. The number of aromatic nitrogens is 4. The lowest BCUT2D eigenvalue weighted by molar-refractivity contribution is -0.117. The number of carboxylic acids is 1. The lowest BCUT2D eigenvalue weighted by Gasteiger charge is -2.16. The number of nitrogens with zero attached hydrogens (tertiary/aromatic N) is 5. The number of aromatic carboxylic acids is 1. The lowest BCUT2D eigenvalue weighted by Crippen LogP contribution is -2.32. The number of hydrazine groups is 1. The monoisotopic (exact) mass is 548 g/mol. The van der Waals surface area contributed by atoms with Crippen molar-refractivity contribution in [1.29, 1.82) is 0 Å². The first kappa shape index (κ1) is 28.0. The fourth-order valence-corrected chi connectivity index (χ4v) is 4.00. The molecule has 0 spiro atoms. The first-order valence-corrected chi connectivity index (χ1v) is 12.2. The van der Waals surface area contributed by atoms with Crippen molar-refractivity contribution in [2.45, 2.75) is 32.9 Å². The van der Waals surface area contributed by atoms with Crippen LogP contribution in [-0.4, -0.2) is 48.5 Å². The van der Waals surface area contributed by atoms with Gasteiger partial charge in [-0.3, -0.25) is 4.79 Å². The number of carboxylic acid groups (broad SMARTS) is 1. The van der Waals surface area contributed by atoms with Crippen LogP contribution in [0.25, 0.3) is 16.8 Å². The van der Waals surface area contributed by atoms with Crippen molar-refractivity contribution in [3.8, 4) is 16.9 Å². The zero-order chi connectivity index (χ0) is 29.0. The summed E-state index contributed by atoms with van der Waals surface area (Å²) < 4.78 is 22.2. The molecule has 0 aliphatic rings. The zero-order valence-corrected chi connectivity index (χ0v) is 22.1. The Morgan fingerprint density at radius 1 is 1.20 bits per heavy atom. The normalized spacial score (nSPS) is 11.6. The van der Waals surface area contributed by atoms with Crippen molar-refractivity contribution >= 4 is 17.5 Å². The molecule has 0 aliphatic heterocycles. The third kappa shape index (κ3) is 6.15. The highest BCUT2D eigenvalue weighted by atomic mass is 19.1. The van der Waals surface area contributed by atoms with E-state index in [9.17, 15) is 9.59 Å². The number of hydrogen-bond acceptors (Lipinski definition) is 9. The number of benzene rings is 1. The molecule has 13 heteroatoms. The number of hydrogen-bond donors (Lipinski definition) is 4. The molecule has 3 aromatic heterocycles. The van der Waals surface area contributed by atoms with E-state index >= 15 is 4.39 Å². The van der Waals surface area contributed by atoms with E-state index in [2.05, 4.69) is 34.1 Å². The Bertz CT molecular complexity index is 1580. The highest BCUT2D eigenvalue weighted by Crippen LogP contribution is 2.30. The second kappa shape index (κ2) is 11.8. The van der Waals surface area contributed by atoms with Gasteiger partial charge in [0.15, 0.2) is 11.6 Å². The standard InChI is InChI=1S/C27H29FN8O4/c1-15(2)16-4-7-23-34-18(12-35(23)11-16)13-36(30)14-21(29)26(37)33-10-20-19(5-6-22(40-3)24(20)28)17-8-31-25(27(38)39)32-9-17/h4-9,11-12,14-15H,10,13,29-30H2,1-3H3,(H,33,37)(H,38,39)/b21-14-. The topological polar surface area (TPSA) is 174 Å². The number of halogens is 1. The van der Waals surface area contributed by atoms with Crippen LogP contribution in [0.15, 0.2) is 60.9 Å². The Morgan fingerprint density at radius 3 is 2.58 bits per heavy atom. The lowest BCUT2D eigenvalue weighted by atomic mass is 10.0. The summed E-state index contributed by atoms with van der Waals surface area (Å²) in [5, 5.41) is 12.8. The number of pyridine rings is 1. The minimum Gasteiger partial charge on any atom is -0.494 e. The molecular weight excluding hydrogens is 519 g/mol. The van der Waals surface area contributed by atoms with Gasteiger partial charge in [-0.15, -0.1) is 0 Å². The van der Waals surface area contributed by atoms with Crippen molar-refractivity contribution in [3.05, 3.63) is 89.4 Å². The SMILES string of the molecule is COc1ccc(-c2cnc(C(=O)O)nc2)c(CNC(=O)/C(N)=C/N(N)Cc2cn3cc(C(C)C)ccc3n2)c1F. The quantitative estimate of drug-likeness (QED) is 0.131. The van der Waals surface area contributed by atoms with Crippen molar-refractivity contribution < 1.29 is 23.8 Å². The van der Waals surface area contributed by atoms with Crippen LogP contribution in [-0.2, 0) is 17.9 Å². The number of imidazole rings is 1. The van der Waals surface area contributed by atoms with Gasteiger partial charge in [0, 0.05) is 48.7 Å². The van der Waals surface area contributed by atoms with Crippen LogP contribution in [0, 0.1) is 5.82 Å². The van der Waals surface area contributed by atoms with Gasteiger partial charge in [0.05, 0.1) is 19.3 Å². The molecule has 1 aromatic carbocycles. The summed E-state index contributed by atoms with van der Waals surface area (Å²) in [6.45, 7) is 4.14. The van der Waals surface area contributed by atoms with E-state index in [1.165, 1.54) is 42.3 Å². The number of carbonyl (C=O) groups excluding carboxylic acids is 1. The average molecular weight is 549 g/mol. The van der Waals surface area contributed by atoms with Gasteiger partial charge in [0.2, 0.25) is 5.82 Å². The number of fused-ring (bicyclic) bond motifs is 1. The fourth-order valence-electron chi connectivity index (χ4n) is 4.00. The van der Waals surface area contributed by atoms with Crippen molar-refractivity contribution in [2.75, 3.05) is 7.11 Å². The number of methoxy groups -OCH3 is 1. The second-order valence-corrected chi connectivity index (χ2v) is 9.26. The van der Waals surface area contributed by atoms with Crippen LogP contribution in [0.3, 0.4) is 0 Å². The van der Waals surface area contributed by atoms with Crippen molar-refractivity contribution in [3.63, 3.8) is 0 Å². The number of ether oxygens (including phenoxy) is 1. The Morgan fingerprint density at radius 2 is 1.93 bits per heavy atom. The molecule has 0 saturated carbocycles. The van der Waals surface area contributed by atoms with Gasteiger partial charge in [0.1, 0.15) is 11.3 Å². The van der Waals surface area contributed by atoms with Gasteiger partial charge >= 0.3 is 5.97 Å². The molecule has 0 atom stereocenters. The van der Waals surface area contributed by atoms with Gasteiger partial charge in [-0.2, -0.15) is 0 Å². The molecule has 6 N–H and O–H groups in total. The molecule has 12 nitrogen and oxygen atoms in total. The Hall–Kier alpha value is -5.04. The van der Waals surface area contributed by atoms with Crippen LogP contribution in [0.5, 0.6) is 5.75 Å². The third-order valence-electron chi connectivity index (χ3n) is 6.11. The molecule has 40 heavy (non-hydrogen) atoms. The Balaban J connectivity index is 1.47. The molecule has 0 unspecified atom stereocenters. The highest BCUT2D eigenvalue weighted by Gasteiger charge is 2.18. The Kier molecular flexibility index (Phi) is 8.24. The molecular formula is C27H29FN8O4. The largest absolute Gasteiger partial charge is 0.494 e. The second-order valence-electron chi connectivity index (χ2n) is 9.26. The molecule has 3 heterocycles. The smallest absolute Gasteiger partial charge is 0.373 e. The van der Waals surface area contributed by atoms with Crippen molar-refractivity contribution in [2.24, 2.45) is 11.6 Å². The van der Waals surface area contributed by atoms with E-state index in [0.29, 0.717) is 22.7 Å². The van der Waals surface area contributed by atoms with E-state index in [1.807, 2.05) is 28.9 Å². The number of rotatable bonds is 10. The fraction of sp³-hybridized carbons (Fsp3) is 0.222. The molecule has 0 aliphatic carbocycles. The number of nitrogens with one attached hydrogen (secondary N) is 1. The first-order valence-electron chi connectivity index (χ1n) is 12.2. The van der Waals surface area contributed by atoms with Gasteiger partial charge in [-0.1, -0.05) is 26.0 Å². The van der Waals surface area contributed by atoms with Crippen LogP contribution < -0.4 is 21.6 Å². The summed E-state index contributed by atoms with van der Waals surface area (Å²) in [5.41, 5.74) is 9.12. The summed E-state index contributed by atoms with van der Waals surface area (Å²) in [6.07, 6.45) is 7.64. The van der Waals surface area contributed by atoms with E-state index < -0.39 is 23.5 Å². The summed E-state index contributed by atoms with van der Waals surface area (Å²) >= 11 is 0. The van der Waals surface area contributed by atoms with Gasteiger partial charge in [-0.05, 0) is 29.2 Å². The van der Waals surface area contributed by atoms with E-state index in [4.69, 9.17) is 21.4 Å². The van der Waals surface area contributed by atoms with Gasteiger partial charge < -0.3 is 30.3 Å².